The van der Waals surface area contributed by atoms with Gasteiger partial charge in [0, 0.05) is 6.42 Å². The molecule has 1 N–H and O–H groups in total. The third-order valence-electron chi connectivity index (χ3n) is 1.95. The van der Waals surface area contributed by atoms with Crippen LogP contribution in [0.1, 0.15) is 19.8 Å². The van der Waals surface area contributed by atoms with E-state index in [9.17, 15) is 0 Å². The van der Waals surface area contributed by atoms with Crippen LogP contribution in [0.2, 0.25) is 0 Å². The van der Waals surface area contributed by atoms with Crippen LogP contribution < -0.4 is 0 Å². The Hall–Kier alpha value is -0.960. The molecule has 0 aromatic heterocycles. The highest BCUT2D eigenvalue weighted by molar-refractivity contribution is 4.92. The van der Waals surface area contributed by atoms with E-state index in [-0.39, 0.29) is 12.9 Å². The third-order valence-corrected chi connectivity index (χ3v) is 1.95. The molecule has 1 aliphatic heterocycles. The maximum Gasteiger partial charge on any atom is 0.240 e. The number of hydrogen-bond donors (Lipinski definition) is 1. The molecule has 1 aliphatic rings. The lowest BCUT2D eigenvalue weighted by Gasteiger charge is -2.15. The van der Waals surface area contributed by atoms with Crippen molar-refractivity contribution in [3.05, 3.63) is 24.7 Å². The first-order valence-corrected chi connectivity index (χ1v) is 4.49. The molecule has 74 valence electrons. The topological polar surface area (TPSA) is 38.7 Å². The molecular weight excluding hydrogens is 168 g/mol. The quantitative estimate of drug-likeness (QED) is 0.662. The van der Waals surface area contributed by atoms with Crippen molar-refractivity contribution in [2.45, 2.75) is 26.1 Å². The summed E-state index contributed by atoms with van der Waals surface area (Å²) in [4.78, 5) is 0. The summed E-state index contributed by atoms with van der Waals surface area (Å²) in [6.07, 6.45) is 4.92. The SMILES string of the molecule is C=CCC(C)CC1OC=C(CO)O1. The third kappa shape index (κ3) is 3.11. The molecule has 3 nitrogen and oxygen atoms in total. The lowest BCUT2D eigenvalue weighted by molar-refractivity contribution is -0.0505. The van der Waals surface area contributed by atoms with Crippen molar-refractivity contribution in [3.63, 3.8) is 0 Å². The van der Waals surface area contributed by atoms with E-state index >= 15 is 0 Å². The summed E-state index contributed by atoms with van der Waals surface area (Å²) < 4.78 is 10.5. The number of allylic oxidation sites excluding steroid dienone is 1. The van der Waals surface area contributed by atoms with E-state index in [1.54, 1.807) is 0 Å². The molecule has 0 saturated carbocycles. The molecule has 0 aromatic rings. The summed E-state index contributed by atoms with van der Waals surface area (Å²) in [7, 11) is 0. The van der Waals surface area contributed by atoms with Crippen LogP contribution in [-0.2, 0) is 9.47 Å². The monoisotopic (exact) mass is 184 g/mol. The summed E-state index contributed by atoms with van der Waals surface area (Å²) in [6.45, 7) is 5.70. The fraction of sp³-hybridized carbons (Fsp3) is 0.600. The number of aliphatic hydroxyl groups excluding tert-OH is 1. The van der Waals surface area contributed by atoms with Crippen LogP contribution >= 0.6 is 0 Å². The largest absolute Gasteiger partial charge is 0.459 e. The molecule has 2 atom stereocenters. The van der Waals surface area contributed by atoms with Crippen molar-refractivity contribution in [2.75, 3.05) is 6.61 Å². The molecule has 0 saturated heterocycles. The van der Waals surface area contributed by atoms with Gasteiger partial charge in [0.25, 0.3) is 0 Å². The highest BCUT2D eigenvalue weighted by atomic mass is 16.7. The predicted molar refractivity (Wildman–Crippen MR) is 49.7 cm³/mol. The van der Waals surface area contributed by atoms with Gasteiger partial charge in [-0.3, -0.25) is 0 Å². The van der Waals surface area contributed by atoms with Crippen molar-refractivity contribution in [1.82, 2.24) is 0 Å². The Morgan fingerprint density at radius 1 is 1.77 bits per heavy atom. The zero-order valence-electron chi connectivity index (χ0n) is 7.90. The molecule has 13 heavy (non-hydrogen) atoms. The maximum absolute atomic E-state index is 8.73. The minimum absolute atomic E-state index is 0.0909. The van der Waals surface area contributed by atoms with E-state index in [1.165, 1.54) is 6.26 Å². The average Bonchev–Trinajstić information content (AvgIpc) is 2.52. The number of ether oxygens (including phenoxy) is 2. The van der Waals surface area contributed by atoms with Crippen molar-refractivity contribution >= 4 is 0 Å². The zero-order chi connectivity index (χ0) is 9.68. The summed E-state index contributed by atoms with van der Waals surface area (Å²) in [5.74, 6) is 1.00. The lowest BCUT2D eigenvalue weighted by Crippen LogP contribution is -2.13. The summed E-state index contributed by atoms with van der Waals surface area (Å²) >= 11 is 0. The van der Waals surface area contributed by atoms with E-state index in [1.807, 2.05) is 6.08 Å². The van der Waals surface area contributed by atoms with E-state index in [4.69, 9.17) is 14.6 Å². The van der Waals surface area contributed by atoms with Crippen LogP contribution in [0.3, 0.4) is 0 Å². The van der Waals surface area contributed by atoms with Gasteiger partial charge in [-0.25, -0.2) is 0 Å². The van der Waals surface area contributed by atoms with Gasteiger partial charge in [-0.15, -0.1) is 6.58 Å². The standard InChI is InChI=1S/C10H16O3/c1-3-4-8(2)5-10-12-7-9(6-11)13-10/h3,7-8,10-11H,1,4-6H2,2H3. The second-order valence-corrected chi connectivity index (χ2v) is 3.29. The molecule has 0 aliphatic carbocycles. The van der Waals surface area contributed by atoms with Crippen molar-refractivity contribution in [2.24, 2.45) is 5.92 Å². The molecule has 0 spiro atoms. The van der Waals surface area contributed by atoms with Crippen LogP contribution in [0.15, 0.2) is 24.7 Å². The minimum Gasteiger partial charge on any atom is -0.459 e. The number of aliphatic hydroxyl groups is 1. The van der Waals surface area contributed by atoms with Crippen LogP contribution in [0.25, 0.3) is 0 Å². The fourth-order valence-corrected chi connectivity index (χ4v) is 1.26. The van der Waals surface area contributed by atoms with Gasteiger partial charge in [0.1, 0.15) is 12.9 Å². The Bertz CT molecular complexity index is 198. The van der Waals surface area contributed by atoms with E-state index in [0.717, 1.165) is 12.8 Å². The van der Waals surface area contributed by atoms with Gasteiger partial charge < -0.3 is 14.6 Å². The van der Waals surface area contributed by atoms with Crippen LogP contribution in [0.5, 0.6) is 0 Å². The second-order valence-electron chi connectivity index (χ2n) is 3.29. The minimum atomic E-state index is -0.225. The summed E-state index contributed by atoms with van der Waals surface area (Å²) in [6, 6.07) is 0. The maximum atomic E-state index is 8.73. The number of rotatable bonds is 5. The smallest absolute Gasteiger partial charge is 0.240 e. The first kappa shape index (κ1) is 10.1. The van der Waals surface area contributed by atoms with Gasteiger partial charge >= 0.3 is 0 Å². The van der Waals surface area contributed by atoms with Crippen LogP contribution in [-0.4, -0.2) is 18.0 Å². The van der Waals surface area contributed by atoms with Gasteiger partial charge in [0.2, 0.25) is 6.29 Å². The second kappa shape index (κ2) is 4.92. The lowest BCUT2D eigenvalue weighted by atomic mass is 10.0. The Kier molecular flexibility index (Phi) is 3.83. The molecule has 0 radical (unpaired) electrons. The highest BCUT2D eigenvalue weighted by Gasteiger charge is 2.20. The number of hydrogen-bond acceptors (Lipinski definition) is 3. The van der Waals surface area contributed by atoms with Crippen LogP contribution in [0.4, 0.5) is 0 Å². The van der Waals surface area contributed by atoms with E-state index in [2.05, 4.69) is 13.5 Å². The fourth-order valence-electron chi connectivity index (χ4n) is 1.26. The Balaban J connectivity index is 2.22. The summed E-state index contributed by atoms with van der Waals surface area (Å²) in [5.41, 5.74) is 0. The van der Waals surface area contributed by atoms with Gasteiger partial charge in [0.05, 0.1) is 0 Å². The predicted octanol–water partition coefficient (Wildman–Crippen LogP) is 1.80. The molecule has 0 amide bonds. The van der Waals surface area contributed by atoms with Gasteiger partial charge in [-0.05, 0) is 12.3 Å². The Morgan fingerprint density at radius 3 is 3.08 bits per heavy atom. The molecule has 1 heterocycles. The average molecular weight is 184 g/mol. The van der Waals surface area contributed by atoms with Crippen molar-refractivity contribution < 1.29 is 14.6 Å². The molecule has 1 rings (SSSR count). The van der Waals surface area contributed by atoms with Gasteiger partial charge in [0.15, 0.2) is 5.76 Å². The zero-order valence-corrected chi connectivity index (χ0v) is 7.90. The Morgan fingerprint density at radius 2 is 2.54 bits per heavy atom. The van der Waals surface area contributed by atoms with Crippen LogP contribution in [0, 0.1) is 5.92 Å². The highest BCUT2D eigenvalue weighted by Crippen LogP contribution is 2.21. The molecule has 0 bridgehead atoms. The van der Waals surface area contributed by atoms with Crippen molar-refractivity contribution in [1.29, 1.82) is 0 Å². The van der Waals surface area contributed by atoms with Gasteiger partial charge in [-0.2, -0.15) is 0 Å². The first-order chi connectivity index (χ1) is 6.26. The van der Waals surface area contributed by atoms with Gasteiger partial charge in [-0.1, -0.05) is 13.0 Å². The molecular formula is C10H16O3. The Labute approximate surface area is 78.7 Å². The normalized spacial score (nSPS) is 22.9. The molecule has 0 aromatic carbocycles. The molecule has 2 unspecified atom stereocenters. The van der Waals surface area contributed by atoms with Crippen molar-refractivity contribution in [3.8, 4) is 0 Å². The first-order valence-electron chi connectivity index (χ1n) is 4.49. The molecule has 3 heteroatoms. The van der Waals surface area contributed by atoms with E-state index < -0.39 is 0 Å². The molecule has 0 fully saturated rings. The van der Waals surface area contributed by atoms with E-state index in [0.29, 0.717) is 11.7 Å². The summed E-state index contributed by atoms with van der Waals surface area (Å²) in [5, 5.41) is 8.73.